The summed E-state index contributed by atoms with van der Waals surface area (Å²) in [5.74, 6) is 0.607. The molecular formula is C16H26N2O. The summed E-state index contributed by atoms with van der Waals surface area (Å²) in [6.45, 7) is 8.74. The standard InChI is InChI=1S/C16H26N2O/c1-13(2)15-5-3-14(4-6-15)7-8-18-10-16(9-17)11-19-12-16/h3-6,13,18H,7-12,17H2,1-2H3. The molecule has 0 unspecified atom stereocenters. The molecule has 1 fully saturated rings. The van der Waals surface area contributed by atoms with Crippen molar-refractivity contribution in [2.24, 2.45) is 11.1 Å². The van der Waals surface area contributed by atoms with Gasteiger partial charge in [-0.05, 0) is 30.0 Å². The molecule has 1 heterocycles. The molecule has 1 aromatic rings. The number of ether oxygens (including phenoxy) is 1. The van der Waals surface area contributed by atoms with Crippen molar-refractivity contribution in [3.8, 4) is 0 Å². The van der Waals surface area contributed by atoms with Crippen molar-refractivity contribution < 1.29 is 4.74 Å². The predicted molar refractivity (Wildman–Crippen MR) is 79.4 cm³/mol. The molecule has 1 saturated heterocycles. The van der Waals surface area contributed by atoms with Crippen LogP contribution < -0.4 is 11.1 Å². The summed E-state index contributed by atoms with van der Waals surface area (Å²) in [6.07, 6.45) is 1.07. The van der Waals surface area contributed by atoms with E-state index in [0.717, 1.165) is 32.7 Å². The van der Waals surface area contributed by atoms with Gasteiger partial charge in [-0.15, -0.1) is 0 Å². The summed E-state index contributed by atoms with van der Waals surface area (Å²) in [5, 5.41) is 3.50. The van der Waals surface area contributed by atoms with E-state index in [4.69, 9.17) is 10.5 Å². The Bertz CT molecular complexity index is 377. The van der Waals surface area contributed by atoms with Gasteiger partial charge in [0.25, 0.3) is 0 Å². The minimum atomic E-state index is 0.196. The van der Waals surface area contributed by atoms with Crippen molar-refractivity contribution in [3.05, 3.63) is 35.4 Å². The summed E-state index contributed by atoms with van der Waals surface area (Å²) < 4.78 is 5.26. The van der Waals surface area contributed by atoms with Crippen LogP contribution in [-0.4, -0.2) is 32.8 Å². The largest absolute Gasteiger partial charge is 0.380 e. The quantitative estimate of drug-likeness (QED) is 0.738. The number of rotatable bonds is 7. The van der Waals surface area contributed by atoms with Crippen molar-refractivity contribution in [1.82, 2.24) is 5.32 Å². The topological polar surface area (TPSA) is 47.3 Å². The first kappa shape index (κ1) is 14.5. The third-order valence-corrected chi connectivity index (χ3v) is 3.99. The summed E-state index contributed by atoms with van der Waals surface area (Å²) in [6, 6.07) is 8.95. The fourth-order valence-corrected chi connectivity index (χ4v) is 2.34. The van der Waals surface area contributed by atoms with E-state index in [2.05, 4.69) is 43.4 Å². The lowest BCUT2D eigenvalue weighted by Gasteiger charge is -2.40. The van der Waals surface area contributed by atoms with Gasteiger partial charge in [0.2, 0.25) is 0 Å². The summed E-state index contributed by atoms with van der Waals surface area (Å²) >= 11 is 0. The van der Waals surface area contributed by atoms with Crippen LogP contribution in [0.4, 0.5) is 0 Å². The van der Waals surface area contributed by atoms with Crippen LogP contribution in [0.25, 0.3) is 0 Å². The molecule has 0 amide bonds. The third kappa shape index (κ3) is 3.78. The van der Waals surface area contributed by atoms with Gasteiger partial charge in [0.15, 0.2) is 0 Å². The molecule has 2 rings (SSSR count). The van der Waals surface area contributed by atoms with Gasteiger partial charge < -0.3 is 15.8 Å². The average molecular weight is 262 g/mol. The molecule has 0 bridgehead atoms. The number of hydrogen-bond donors (Lipinski definition) is 2. The molecule has 1 aliphatic rings. The zero-order chi connectivity index (χ0) is 13.7. The van der Waals surface area contributed by atoms with Crippen LogP contribution in [-0.2, 0) is 11.2 Å². The minimum Gasteiger partial charge on any atom is -0.380 e. The van der Waals surface area contributed by atoms with E-state index in [0.29, 0.717) is 12.5 Å². The molecule has 106 valence electrons. The van der Waals surface area contributed by atoms with Crippen LogP contribution in [0.15, 0.2) is 24.3 Å². The van der Waals surface area contributed by atoms with Crippen LogP contribution >= 0.6 is 0 Å². The third-order valence-electron chi connectivity index (χ3n) is 3.99. The molecule has 0 aromatic heterocycles. The van der Waals surface area contributed by atoms with E-state index in [-0.39, 0.29) is 5.41 Å². The number of nitrogens with one attached hydrogen (secondary N) is 1. The Kier molecular flexibility index (Phi) is 4.97. The molecule has 0 saturated carbocycles. The Hall–Kier alpha value is -0.900. The summed E-state index contributed by atoms with van der Waals surface area (Å²) in [7, 11) is 0. The molecule has 3 heteroatoms. The average Bonchev–Trinajstić information content (AvgIpc) is 2.37. The van der Waals surface area contributed by atoms with Gasteiger partial charge in [-0.1, -0.05) is 38.1 Å². The minimum absolute atomic E-state index is 0.196. The monoisotopic (exact) mass is 262 g/mol. The first-order valence-corrected chi connectivity index (χ1v) is 7.23. The lowest BCUT2D eigenvalue weighted by atomic mass is 9.86. The van der Waals surface area contributed by atoms with Crippen molar-refractivity contribution in [1.29, 1.82) is 0 Å². The fourth-order valence-electron chi connectivity index (χ4n) is 2.34. The summed E-state index contributed by atoms with van der Waals surface area (Å²) in [5.41, 5.74) is 8.78. The van der Waals surface area contributed by atoms with E-state index in [1.165, 1.54) is 11.1 Å². The highest BCUT2D eigenvalue weighted by atomic mass is 16.5. The zero-order valence-electron chi connectivity index (χ0n) is 12.1. The van der Waals surface area contributed by atoms with Gasteiger partial charge in [-0.25, -0.2) is 0 Å². The van der Waals surface area contributed by atoms with Gasteiger partial charge in [-0.2, -0.15) is 0 Å². The maximum absolute atomic E-state index is 5.79. The Balaban J connectivity index is 1.70. The zero-order valence-corrected chi connectivity index (χ0v) is 12.1. The smallest absolute Gasteiger partial charge is 0.0569 e. The molecule has 1 aliphatic heterocycles. The van der Waals surface area contributed by atoms with Crippen LogP contribution in [0, 0.1) is 5.41 Å². The first-order valence-electron chi connectivity index (χ1n) is 7.23. The van der Waals surface area contributed by atoms with Crippen LogP contribution in [0.5, 0.6) is 0 Å². The maximum Gasteiger partial charge on any atom is 0.0569 e. The highest BCUT2D eigenvalue weighted by Gasteiger charge is 2.36. The Labute approximate surface area is 116 Å². The molecule has 0 atom stereocenters. The van der Waals surface area contributed by atoms with Crippen LogP contribution in [0.1, 0.15) is 30.9 Å². The van der Waals surface area contributed by atoms with E-state index in [1.54, 1.807) is 0 Å². The fraction of sp³-hybridized carbons (Fsp3) is 0.625. The van der Waals surface area contributed by atoms with Crippen molar-refractivity contribution in [2.75, 3.05) is 32.8 Å². The highest BCUT2D eigenvalue weighted by Crippen LogP contribution is 2.24. The second-order valence-electron chi connectivity index (χ2n) is 6.02. The molecule has 3 nitrogen and oxygen atoms in total. The number of hydrogen-bond acceptors (Lipinski definition) is 3. The van der Waals surface area contributed by atoms with E-state index in [1.807, 2.05) is 0 Å². The van der Waals surface area contributed by atoms with E-state index >= 15 is 0 Å². The van der Waals surface area contributed by atoms with Gasteiger partial charge >= 0.3 is 0 Å². The Morgan fingerprint density at radius 1 is 1.26 bits per heavy atom. The molecule has 0 radical (unpaired) electrons. The molecule has 1 aromatic carbocycles. The van der Waals surface area contributed by atoms with E-state index in [9.17, 15) is 0 Å². The second-order valence-corrected chi connectivity index (χ2v) is 6.02. The van der Waals surface area contributed by atoms with Crippen molar-refractivity contribution >= 4 is 0 Å². The molecule has 0 aliphatic carbocycles. The maximum atomic E-state index is 5.79. The molecule has 3 N–H and O–H groups in total. The van der Waals surface area contributed by atoms with E-state index < -0.39 is 0 Å². The van der Waals surface area contributed by atoms with Gasteiger partial charge in [0.1, 0.15) is 0 Å². The van der Waals surface area contributed by atoms with Crippen LogP contribution in [0.3, 0.4) is 0 Å². The van der Waals surface area contributed by atoms with Crippen molar-refractivity contribution in [3.63, 3.8) is 0 Å². The normalized spacial score (nSPS) is 17.5. The van der Waals surface area contributed by atoms with Gasteiger partial charge in [0.05, 0.1) is 13.2 Å². The van der Waals surface area contributed by atoms with Crippen molar-refractivity contribution in [2.45, 2.75) is 26.2 Å². The lowest BCUT2D eigenvalue weighted by Crippen LogP contribution is -2.54. The van der Waals surface area contributed by atoms with Gasteiger partial charge in [-0.3, -0.25) is 0 Å². The Morgan fingerprint density at radius 3 is 2.42 bits per heavy atom. The second kappa shape index (κ2) is 6.51. The number of nitrogens with two attached hydrogens (primary N) is 1. The SMILES string of the molecule is CC(C)c1ccc(CCNCC2(CN)COC2)cc1. The molecule has 19 heavy (non-hydrogen) atoms. The number of benzene rings is 1. The molecule has 0 spiro atoms. The summed E-state index contributed by atoms with van der Waals surface area (Å²) in [4.78, 5) is 0. The molecular weight excluding hydrogens is 236 g/mol. The highest BCUT2D eigenvalue weighted by molar-refractivity contribution is 5.24. The van der Waals surface area contributed by atoms with Gasteiger partial charge in [0, 0.05) is 18.5 Å². The predicted octanol–water partition coefficient (Wildman–Crippen LogP) is 1.92. The van der Waals surface area contributed by atoms with Crippen LogP contribution in [0.2, 0.25) is 0 Å². The lowest BCUT2D eigenvalue weighted by molar-refractivity contribution is -0.104. The Morgan fingerprint density at radius 2 is 1.95 bits per heavy atom. The first-order chi connectivity index (χ1) is 9.15.